The predicted molar refractivity (Wildman–Crippen MR) is 142 cm³/mol. The Morgan fingerprint density at radius 3 is 2.44 bits per heavy atom. The Bertz CT molecular complexity index is 1500. The van der Waals surface area contributed by atoms with Gasteiger partial charge < -0.3 is 9.52 Å². The summed E-state index contributed by atoms with van der Waals surface area (Å²) in [5, 5.41) is 10.1. The first-order valence-electron chi connectivity index (χ1n) is 11.0. The SMILES string of the molecule is O=C(O)c1cc(-c2ccc(/C=C3\SC(=Nc4ccccc4)N(Cc4ccccc4)C3=O)o2)ccc1Cl. The number of benzene rings is 3. The van der Waals surface area contributed by atoms with Crippen LogP contribution in [0.15, 0.2) is 105 Å². The Morgan fingerprint density at radius 1 is 1.00 bits per heavy atom. The van der Waals surface area contributed by atoms with Crippen LogP contribution in [0.4, 0.5) is 5.69 Å². The first kappa shape index (κ1) is 23.7. The normalized spacial score (nSPS) is 15.7. The van der Waals surface area contributed by atoms with Crippen LogP contribution in [0.1, 0.15) is 21.7 Å². The van der Waals surface area contributed by atoms with E-state index in [1.165, 1.54) is 23.9 Å². The Balaban J connectivity index is 1.46. The van der Waals surface area contributed by atoms with E-state index < -0.39 is 5.97 Å². The molecular formula is C28H19ClN2O4S. The van der Waals surface area contributed by atoms with Gasteiger partial charge in [-0.1, -0.05) is 60.1 Å². The third-order valence-electron chi connectivity index (χ3n) is 5.43. The van der Waals surface area contributed by atoms with Crippen LogP contribution in [0.2, 0.25) is 5.02 Å². The highest BCUT2D eigenvalue weighted by atomic mass is 35.5. The molecule has 1 fully saturated rings. The number of carbonyl (C=O) groups is 2. The van der Waals surface area contributed by atoms with Gasteiger partial charge in [-0.05, 0) is 59.8 Å². The van der Waals surface area contributed by atoms with E-state index in [0.717, 1.165) is 11.3 Å². The van der Waals surface area contributed by atoms with Crippen molar-refractivity contribution >= 4 is 52.2 Å². The van der Waals surface area contributed by atoms with Gasteiger partial charge in [0, 0.05) is 11.6 Å². The maximum Gasteiger partial charge on any atom is 0.337 e. The van der Waals surface area contributed by atoms with Gasteiger partial charge in [-0.2, -0.15) is 0 Å². The second-order valence-corrected chi connectivity index (χ2v) is 9.34. The molecule has 3 aromatic carbocycles. The van der Waals surface area contributed by atoms with Gasteiger partial charge in [-0.15, -0.1) is 0 Å². The van der Waals surface area contributed by atoms with Crippen LogP contribution in [-0.2, 0) is 11.3 Å². The van der Waals surface area contributed by atoms with E-state index in [1.807, 2.05) is 60.7 Å². The average Bonchev–Trinajstić information content (AvgIpc) is 3.46. The van der Waals surface area contributed by atoms with Crippen LogP contribution in [-0.4, -0.2) is 27.1 Å². The minimum absolute atomic E-state index is 0.00897. The molecule has 2 heterocycles. The van der Waals surface area contributed by atoms with Gasteiger partial charge in [0.15, 0.2) is 5.17 Å². The van der Waals surface area contributed by atoms with E-state index >= 15 is 0 Å². The second-order valence-electron chi connectivity index (χ2n) is 7.92. The highest BCUT2D eigenvalue weighted by molar-refractivity contribution is 8.18. The fourth-order valence-electron chi connectivity index (χ4n) is 3.67. The average molecular weight is 515 g/mol. The Morgan fingerprint density at radius 2 is 1.72 bits per heavy atom. The van der Waals surface area contributed by atoms with Gasteiger partial charge in [-0.3, -0.25) is 9.69 Å². The summed E-state index contributed by atoms with van der Waals surface area (Å²) < 4.78 is 5.93. The van der Waals surface area contributed by atoms with Crippen LogP contribution in [0.25, 0.3) is 17.4 Å². The van der Waals surface area contributed by atoms with Crippen molar-refractivity contribution in [1.82, 2.24) is 4.90 Å². The summed E-state index contributed by atoms with van der Waals surface area (Å²) in [6.07, 6.45) is 1.68. The number of furan rings is 1. The molecule has 6 nitrogen and oxygen atoms in total. The fraction of sp³-hybridized carbons (Fsp3) is 0.0357. The molecule has 4 aromatic rings. The third kappa shape index (κ3) is 5.12. The van der Waals surface area contributed by atoms with E-state index in [0.29, 0.717) is 33.7 Å². The molecule has 8 heteroatoms. The van der Waals surface area contributed by atoms with Gasteiger partial charge in [0.1, 0.15) is 11.5 Å². The summed E-state index contributed by atoms with van der Waals surface area (Å²) in [6.45, 7) is 0.391. The van der Waals surface area contributed by atoms with Crippen molar-refractivity contribution < 1.29 is 19.1 Å². The number of carboxylic acid groups (broad SMARTS) is 1. The summed E-state index contributed by atoms with van der Waals surface area (Å²) in [6, 6.07) is 27.4. The highest BCUT2D eigenvalue weighted by Crippen LogP contribution is 2.36. The molecule has 0 saturated carbocycles. The van der Waals surface area contributed by atoms with Crippen LogP contribution in [0.3, 0.4) is 0 Å². The lowest BCUT2D eigenvalue weighted by molar-refractivity contribution is -0.122. The number of carbonyl (C=O) groups excluding carboxylic acids is 1. The lowest BCUT2D eigenvalue weighted by Crippen LogP contribution is -2.28. The minimum atomic E-state index is -1.12. The quantitative estimate of drug-likeness (QED) is 0.277. The van der Waals surface area contributed by atoms with Crippen LogP contribution in [0.5, 0.6) is 0 Å². The number of para-hydroxylation sites is 1. The lowest BCUT2D eigenvalue weighted by Gasteiger charge is -2.15. The molecule has 1 N–H and O–H groups in total. The molecule has 1 aliphatic heterocycles. The van der Waals surface area contributed by atoms with Crippen molar-refractivity contribution in [2.45, 2.75) is 6.54 Å². The number of hydrogen-bond acceptors (Lipinski definition) is 5. The molecule has 0 unspecified atom stereocenters. The van der Waals surface area contributed by atoms with Crippen molar-refractivity contribution in [1.29, 1.82) is 0 Å². The molecule has 36 heavy (non-hydrogen) atoms. The number of aliphatic imine (C=N–C) groups is 1. The van der Waals surface area contributed by atoms with Gasteiger partial charge in [0.2, 0.25) is 0 Å². The Labute approximate surface area is 216 Å². The summed E-state index contributed by atoms with van der Waals surface area (Å²) in [5.74, 6) is -0.354. The smallest absolute Gasteiger partial charge is 0.337 e. The van der Waals surface area contributed by atoms with Gasteiger partial charge in [-0.25, -0.2) is 9.79 Å². The third-order valence-corrected chi connectivity index (χ3v) is 6.77. The van der Waals surface area contributed by atoms with Crippen LogP contribution >= 0.6 is 23.4 Å². The second kappa shape index (κ2) is 10.3. The number of nitrogens with zero attached hydrogens (tertiary/aromatic N) is 2. The molecule has 0 radical (unpaired) electrons. The van der Waals surface area contributed by atoms with Crippen molar-refractivity contribution in [2.75, 3.05) is 0 Å². The molecular weight excluding hydrogens is 496 g/mol. The van der Waals surface area contributed by atoms with E-state index in [9.17, 15) is 14.7 Å². The maximum absolute atomic E-state index is 13.4. The van der Waals surface area contributed by atoms with Crippen molar-refractivity contribution in [3.8, 4) is 11.3 Å². The number of aromatic carboxylic acids is 1. The van der Waals surface area contributed by atoms with Gasteiger partial charge in [0.05, 0.1) is 27.7 Å². The number of halogens is 1. The fourth-order valence-corrected chi connectivity index (χ4v) is 4.84. The van der Waals surface area contributed by atoms with Crippen molar-refractivity contribution in [3.05, 3.63) is 118 Å². The molecule has 1 aliphatic rings. The van der Waals surface area contributed by atoms with Gasteiger partial charge >= 0.3 is 5.97 Å². The summed E-state index contributed by atoms with van der Waals surface area (Å²) >= 11 is 7.26. The van der Waals surface area contributed by atoms with Crippen LogP contribution in [0, 0.1) is 0 Å². The zero-order valence-electron chi connectivity index (χ0n) is 18.8. The van der Waals surface area contributed by atoms with E-state index in [-0.39, 0.29) is 16.5 Å². The van der Waals surface area contributed by atoms with Crippen molar-refractivity contribution in [3.63, 3.8) is 0 Å². The maximum atomic E-state index is 13.4. The molecule has 1 saturated heterocycles. The predicted octanol–water partition coefficient (Wildman–Crippen LogP) is 7.10. The van der Waals surface area contributed by atoms with Crippen LogP contribution < -0.4 is 0 Å². The number of thioether (sulfide) groups is 1. The molecule has 5 rings (SSSR count). The number of hydrogen-bond donors (Lipinski definition) is 1. The summed E-state index contributed by atoms with van der Waals surface area (Å²) in [5.41, 5.74) is 2.31. The minimum Gasteiger partial charge on any atom is -0.478 e. The van der Waals surface area contributed by atoms with Gasteiger partial charge in [0.25, 0.3) is 5.91 Å². The molecule has 0 aliphatic carbocycles. The molecule has 1 amide bonds. The molecule has 1 aromatic heterocycles. The first-order valence-corrected chi connectivity index (χ1v) is 12.2. The molecule has 0 bridgehead atoms. The standard InChI is InChI=1S/C28H19ClN2O4S/c29-23-13-11-19(15-22(23)27(33)34)24-14-12-21(35-24)16-25-26(32)31(17-18-7-3-1-4-8-18)28(36-25)30-20-9-5-2-6-10-20/h1-16H,17H2,(H,33,34)/b25-16-,30-28?. The number of amidine groups is 1. The monoisotopic (exact) mass is 514 g/mol. The van der Waals surface area contributed by atoms with E-state index in [4.69, 9.17) is 21.0 Å². The van der Waals surface area contributed by atoms with Crippen molar-refractivity contribution in [2.24, 2.45) is 4.99 Å². The zero-order valence-corrected chi connectivity index (χ0v) is 20.4. The molecule has 0 atom stereocenters. The van der Waals surface area contributed by atoms with E-state index in [1.54, 1.807) is 29.2 Å². The Kier molecular flexibility index (Phi) is 6.75. The molecule has 178 valence electrons. The zero-order chi connectivity index (χ0) is 25.1. The number of rotatable bonds is 6. The van der Waals surface area contributed by atoms with E-state index in [2.05, 4.69) is 0 Å². The Hall–Kier alpha value is -4.07. The lowest BCUT2D eigenvalue weighted by atomic mass is 10.1. The summed E-state index contributed by atoms with van der Waals surface area (Å²) in [7, 11) is 0. The number of carboxylic acids is 1. The number of amides is 1. The molecule has 0 spiro atoms. The first-order chi connectivity index (χ1) is 17.5. The topological polar surface area (TPSA) is 83.1 Å². The highest BCUT2D eigenvalue weighted by Gasteiger charge is 2.33. The summed E-state index contributed by atoms with van der Waals surface area (Å²) in [4.78, 5) is 31.6. The largest absolute Gasteiger partial charge is 0.478 e.